The van der Waals surface area contributed by atoms with Gasteiger partial charge in [0.1, 0.15) is 6.54 Å². The third-order valence-corrected chi connectivity index (χ3v) is 3.42. The summed E-state index contributed by atoms with van der Waals surface area (Å²) in [4.78, 5) is 24.6. The zero-order valence-corrected chi connectivity index (χ0v) is 10.7. The summed E-state index contributed by atoms with van der Waals surface area (Å²) in [5.74, 6) is -0.952. The molecule has 1 aliphatic rings. The van der Waals surface area contributed by atoms with Crippen molar-refractivity contribution in [3.05, 3.63) is 0 Å². The van der Waals surface area contributed by atoms with Gasteiger partial charge in [-0.25, -0.2) is 0 Å². The monoisotopic (exact) mass is 242 g/mol. The highest BCUT2D eigenvalue weighted by molar-refractivity contribution is 5.86. The highest BCUT2D eigenvalue weighted by Crippen LogP contribution is 2.33. The molecule has 0 radical (unpaired) electrons. The number of carboxylic acid groups (broad SMARTS) is 1. The average Bonchev–Trinajstić information content (AvgIpc) is 2.75. The van der Waals surface area contributed by atoms with Crippen LogP contribution in [0.1, 0.15) is 33.1 Å². The number of carbonyl (C=O) groups excluding carboxylic acids is 1. The predicted octanol–water partition coefficient (Wildman–Crippen LogP) is 0.699. The van der Waals surface area contributed by atoms with E-state index in [1.54, 1.807) is 0 Å². The molecule has 2 N–H and O–H groups in total. The van der Waals surface area contributed by atoms with Crippen LogP contribution in [-0.4, -0.2) is 48.1 Å². The Balaban J connectivity index is 2.78. The molecule has 0 bridgehead atoms. The minimum atomic E-state index is -0.946. The van der Waals surface area contributed by atoms with Gasteiger partial charge in [0.25, 0.3) is 0 Å². The molecule has 1 fully saturated rings. The van der Waals surface area contributed by atoms with Crippen LogP contribution < -0.4 is 5.32 Å². The molecule has 1 amide bonds. The maximum atomic E-state index is 12.4. The van der Waals surface area contributed by atoms with E-state index in [0.29, 0.717) is 13.1 Å². The van der Waals surface area contributed by atoms with Crippen molar-refractivity contribution >= 4 is 11.9 Å². The topological polar surface area (TPSA) is 69.6 Å². The highest BCUT2D eigenvalue weighted by Gasteiger charge is 2.42. The summed E-state index contributed by atoms with van der Waals surface area (Å²) in [5, 5.41) is 12.0. The lowest BCUT2D eigenvalue weighted by Gasteiger charge is -2.32. The Hall–Kier alpha value is -1.10. The van der Waals surface area contributed by atoms with E-state index in [1.165, 1.54) is 4.90 Å². The molecule has 98 valence electrons. The van der Waals surface area contributed by atoms with Gasteiger partial charge in [-0.3, -0.25) is 9.59 Å². The highest BCUT2D eigenvalue weighted by atomic mass is 16.4. The Labute approximate surface area is 102 Å². The SMILES string of the molecule is CCCC1(C(=O)N(CC)CC(=O)O)CCNC1. The third kappa shape index (κ3) is 3.19. The van der Waals surface area contributed by atoms with E-state index in [2.05, 4.69) is 12.2 Å². The number of likely N-dealkylation sites (N-methyl/N-ethyl adjacent to an activating group) is 1. The number of carboxylic acids is 1. The van der Waals surface area contributed by atoms with Crippen LogP contribution in [0.4, 0.5) is 0 Å². The van der Waals surface area contributed by atoms with Gasteiger partial charge in [0, 0.05) is 13.1 Å². The van der Waals surface area contributed by atoms with Crippen molar-refractivity contribution in [2.75, 3.05) is 26.2 Å². The first-order chi connectivity index (χ1) is 8.05. The lowest BCUT2D eigenvalue weighted by Crippen LogP contribution is -2.47. The largest absolute Gasteiger partial charge is 0.480 e. The Kier molecular flexibility index (Phi) is 4.93. The molecule has 0 aromatic heterocycles. The summed E-state index contributed by atoms with van der Waals surface area (Å²) in [5.41, 5.74) is -0.375. The number of nitrogens with zero attached hydrogens (tertiary/aromatic N) is 1. The fraction of sp³-hybridized carbons (Fsp3) is 0.833. The number of hydrogen-bond acceptors (Lipinski definition) is 3. The molecule has 1 unspecified atom stereocenters. The predicted molar refractivity (Wildman–Crippen MR) is 64.7 cm³/mol. The van der Waals surface area contributed by atoms with Gasteiger partial charge in [0.05, 0.1) is 5.41 Å². The molecule has 1 atom stereocenters. The standard InChI is InChI=1S/C12H22N2O3/c1-3-5-12(6-7-13-9-12)11(17)14(4-2)8-10(15)16/h13H,3-9H2,1-2H3,(H,15,16). The second kappa shape index (κ2) is 6.00. The molecule has 0 aliphatic carbocycles. The lowest BCUT2D eigenvalue weighted by atomic mass is 9.81. The number of amides is 1. The van der Waals surface area contributed by atoms with Crippen LogP contribution in [0.25, 0.3) is 0 Å². The Bertz CT molecular complexity index is 285. The fourth-order valence-electron chi connectivity index (χ4n) is 2.55. The molecule has 0 aromatic rings. The smallest absolute Gasteiger partial charge is 0.323 e. The summed E-state index contributed by atoms with van der Waals surface area (Å²) in [6.45, 7) is 5.66. The molecule has 5 nitrogen and oxygen atoms in total. The second-order valence-corrected chi connectivity index (χ2v) is 4.67. The first-order valence-electron chi connectivity index (χ1n) is 6.27. The minimum absolute atomic E-state index is 0.00532. The zero-order chi connectivity index (χ0) is 12.9. The molecule has 0 aromatic carbocycles. The number of carbonyl (C=O) groups is 2. The Morgan fingerprint density at radius 1 is 1.41 bits per heavy atom. The van der Waals surface area contributed by atoms with Crippen LogP contribution in [0.5, 0.6) is 0 Å². The van der Waals surface area contributed by atoms with Crippen LogP contribution >= 0.6 is 0 Å². The van der Waals surface area contributed by atoms with Gasteiger partial charge >= 0.3 is 5.97 Å². The number of aliphatic carboxylic acids is 1. The molecule has 0 spiro atoms. The van der Waals surface area contributed by atoms with Gasteiger partial charge in [0.15, 0.2) is 0 Å². The Morgan fingerprint density at radius 3 is 2.53 bits per heavy atom. The van der Waals surface area contributed by atoms with Crippen molar-refractivity contribution in [1.29, 1.82) is 0 Å². The third-order valence-electron chi connectivity index (χ3n) is 3.42. The van der Waals surface area contributed by atoms with Crippen LogP contribution in [0, 0.1) is 5.41 Å². The zero-order valence-electron chi connectivity index (χ0n) is 10.7. The van der Waals surface area contributed by atoms with Gasteiger partial charge in [-0.15, -0.1) is 0 Å². The van der Waals surface area contributed by atoms with E-state index < -0.39 is 5.97 Å². The molecule has 1 rings (SSSR count). The Morgan fingerprint density at radius 2 is 2.12 bits per heavy atom. The van der Waals surface area contributed by atoms with Crippen LogP contribution in [0.3, 0.4) is 0 Å². The molecule has 5 heteroatoms. The molecule has 17 heavy (non-hydrogen) atoms. The lowest BCUT2D eigenvalue weighted by molar-refractivity contribution is -0.149. The van der Waals surface area contributed by atoms with Gasteiger partial charge in [-0.1, -0.05) is 13.3 Å². The summed E-state index contributed by atoms with van der Waals surface area (Å²) in [6.07, 6.45) is 2.59. The van der Waals surface area contributed by atoms with E-state index >= 15 is 0 Å². The van der Waals surface area contributed by atoms with Crippen LogP contribution in [0.2, 0.25) is 0 Å². The van der Waals surface area contributed by atoms with Crippen LogP contribution in [-0.2, 0) is 9.59 Å². The van der Waals surface area contributed by atoms with E-state index in [0.717, 1.165) is 25.8 Å². The van der Waals surface area contributed by atoms with E-state index in [4.69, 9.17) is 5.11 Å². The van der Waals surface area contributed by atoms with E-state index in [9.17, 15) is 9.59 Å². The molecule has 1 aliphatic heterocycles. The van der Waals surface area contributed by atoms with Gasteiger partial charge < -0.3 is 15.3 Å². The van der Waals surface area contributed by atoms with Crippen molar-refractivity contribution in [3.63, 3.8) is 0 Å². The van der Waals surface area contributed by atoms with Crippen molar-refractivity contribution in [3.8, 4) is 0 Å². The van der Waals surface area contributed by atoms with E-state index in [-0.39, 0.29) is 17.9 Å². The first-order valence-corrected chi connectivity index (χ1v) is 6.27. The second-order valence-electron chi connectivity index (χ2n) is 4.67. The van der Waals surface area contributed by atoms with Crippen molar-refractivity contribution < 1.29 is 14.7 Å². The summed E-state index contributed by atoms with van der Waals surface area (Å²) in [7, 11) is 0. The number of hydrogen-bond donors (Lipinski definition) is 2. The molecule has 1 saturated heterocycles. The van der Waals surface area contributed by atoms with E-state index in [1.807, 2.05) is 6.92 Å². The number of nitrogens with one attached hydrogen (secondary N) is 1. The summed E-state index contributed by atoms with van der Waals surface area (Å²) < 4.78 is 0. The fourth-order valence-corrected chi connectivity index (χ4v) is 2.55. The minimum Gasteiger partial charge on any atom is -0.480 e. The van der Waals surface area contributed by atoms with Crippen molar-refractivity contribution in [1.82, 2.24) is 10.2 Å². The first kappa shape index (κ1) is 14.0. The van der Waals surface area contributed by atoms with Gasteiger partial charge in [0.2, 0.25) is 5.91 Å². The number of rotatable bonds is 6. The van der Waals surface area contributed by atoms with Crippen LogP contribution in [0.15, 0.2) is 0 Å². The molecule has 1 heterocycles. The van der Waals surface area contributed by atoms with Crippen molar-refractivity contribution in [2.24, 2.45) is 5.41 Å². The summed E-state index contributed by atoms with van der Waals surface area (Å²) in [6, 6.07) is 0. The maximum absolute atomic E-state index is 12.4. The normalized spacial score (nSPS) is 23.6. The van der Waals surface area contributed by atoms with Gasteiger partial charge in [-0.05, 0) is 26.3 Å². The summed E-state index contributed by atoms with van der Waals surface area (Å²) >= 11 is 0. The molecular weight excluding hydrogens is 220 g/mol. The average molecular weight is 242 g/mol. The van der Waals surface area contributed by atoms with Crippen molar-refractivity contribution in [2.45, 2.75) is 33.1 Å². The molecule has 0 saturated carbocycles. The quantitative estimate of drug-likeness (QED) is 0.719. The van der Waals surface area contributed by atoms with Gasteiger partial charge in [-0.2, -0.15) is 0 Å². The molecular formula is C12H22N2O3. The maximum Gasteiger partial charge on any atom is 0.323 e.